The highest BCUT2D eigenvalue weighted by Gasteiger charge is 2.33. The summed E-state index contributed by atoms with van der Waals surface area (Å²) in [7, 11) is 0. The molecule has 3 atom stereocenters. The third-order valence-corrected chi connectivity index (χ3v) is 4.50. The highest BCUT2D eigenvalue weighted by Crippen LogP contribution is 2.33. The second-order valence-electron chi connectivity index (χ2n) is 6.11. The molecule has 3 rings (SSSR count). The van der Waals surface area contributed by atoms with Crippen molar-refractivity contribution in [1.29, 1.82) is 0 Å². The number of primary amides is 1. The van der Waals surface area contributed by atoms with Crippen LogP contribution in [0.4, 0.5) is 4.39 Å². The van der Waals surface area contributed by atoms with E-state index in [-0.39, 0.29) is 30.0 Å². The second-order valence-corrected chi connectivity index (χ2v) is 6.11. The highest BCUT2D eigenvalue weighted by molar-refractivity contribution is 5.79. The van der Waals surface area contributed by atoms with Gasteiger partial charge in [0.05, 0.1) is 18.2 Å². The fourth-order valence-corrected chi connectivity index (χ4v) is 2.99. The fraction of sp³-hybridized carbons (Fsp3) is 0.316. The van der Waals surface area contributed by atoms with Gasteiger partial charge in [-0.2, -0.15) is 0 Å². The average molecular weight is 328 g/mol. The third kappa shape index (κ3) is 3.63. The first-order chi connectivity index (χ1) is 11.5. The van der Waals surface area contributed by atoms with Crippen LogP contribution in [-0.2, 0) is 9.53 Å². The fourth-order valence-electron chi connectivity index (χ4n) is 2.99. The van der Waals surface area contributed by atoms with Crippen LogP contribution in [0.25, 0.3) is 0 Å². The summed E-state index contributed by atoms with van der Waals surface area (Å²) in [4.78, 5) is 13.6. The maximum Gasteiger partial charge on any atom is 0.234 e. The van der Waals surface area contributed by atoms with Gasteiger partial charge in [0.15, 0.2) is 0 Å². The quantitative estimate of drug-likeness (QED) is 0.939. The van der Waals surface area contributed by atoms with Crippen LogP contribution in [0.5, 0.6) is 0 Å². The maximum absolute atomic E-state index is 13.2. The van der Waals surface area contributed by atoms with Crippen LogP contribution < -0.4 is 5.73 Å². The largest absolute Gasteiger partial charge is 0.368 e. The molecule has 0 saturated carbocycles. The summed E-state index contributed by atoms with van der Waals surface area (Å²) >= 11 is 0. The number of halogens is 1. The molecule has 0 spiro atoms. The Morgan fingerprint density at radius 3 is 2.17 bits per heavy atom. The van der Waals surface area contributed by atoms with Crippen LogP contribution >= 0.6 is 0 Å². The van der Waals surface area contributed by atoms with Crippen molar-refractivity contribution in [3.8, 4) is 0 Å². The van der Waals surface area contributed by atoms with Crippen LogP contribution in [0.3, 0.4) is 0 Å². The highest BCUT2D eigenvalue weighted by atomic mass is 19.1. The average Bonchev–Trinajstić information content (AvgIpc) is 2.62. The molecule has 1 aliphatic heterocycles. The van der Waals surface area contributed by atoms with Gasteiger partial charge in [-0.05, 0) is 30.2 Å². The molecule has 0 aromatic heterocycles. The van der Waals surface area contributed by atoms with Crippen LogP contribution in [0.2, 0.25) is 0 Å². The van der Waals surface area contributed by atoms with Gasteiger partial charge in [-0.25, -0.2) is 4.39 Å². The number of rotatable bonds is 4. The second kappa shape index (κ2) is 7.11. The van der Waals surface area contributed by atoms with E-state index in [1.807, 2.05) is 35.2 Å². The Hall–Kier alpha value is -2.24. The van der Waals surface area contributed by atoms with E-state index >= 15 is 0 Å². The number of hydrogen-bond acceptors (Lipinski definition) is 3. The molecule has 0 aliphatic carbocycles. The summed E-state index contributed by atoms with van der Waals surface area (Å²) < 4.78 is 19.4. The standard InChI is InChI=1S/C19H21FN2O2/c1-13(19(21)23)22-11-17(14-5-3-2-4-6-14)24-18(12-22)15-7-9-16(20)10-8-15/h2-10,13,17-18H,11-12H2,1H3,(H2,21,23)/t13-,17+,18+/m1/s1. The first-order valence-corrected chi connectivity index (χ1v) is 8.04. The number of carbonyl (C=O) groups excluding carboxylic acids is 1. The molecule has 2 aromatic rings. The molecule has 1 saturated heterocycles. The molecular formula is C19H21FN2O2. The first-order valence-electron chi connectivity index (χ1n) is 8.04. The van der Waals surface area contributed by atoms with E-state index in [1.54, 1.807) is 19.1 Å². The summed E-state index contributed by atoms with van der Waals surface area (Å²) in [5.74, 6) is -0.641. The Balaban J connectivity index is 1.88. The molecule has 5 heteroatoms. The summed E-state index contributed by atoms with van der Waals surface area (Å²) in [6, 6.07) is 15.8. The Morgan fingerprint density at radius 1 is 1.08 bits per heavy atom. The van der Waals surface area contributed by atoms with Crippen LogP contribution in [0.1, 0.15) is 30.3 Å². The number of amides is 1. The summed E-state index contributed by atoms with van der Waals surface area (Å²) in [6.45, 7) is 2.93. The van der Waals surface area contributed by atoms with E-state index in [0.29, 0.717) is 13.1 Å². The smallest absolute Gasteiger partial charge is 0.234 e. The lowest BCUT2D eigenvalue weighted by molar-refractivity contribution is -0.132. The molecule has 0 bridgehead atoms. The number of nitrogens with zero attached hydrogens (tertiary/aromatic N) is 1. The summed E-state index contributed by atoms with van der Waals surface area (Å²) in [5.41, 5.74) is 7.42. The molecule has 1 heterocycles. The molecular weight excluding hydrogens is 307 g/mol. The normalized spacial score (nSPS) is 22.9. The molecule has 24 heavy (non-hydrogen) atoms. The van der Waals surface area contributed by atoms with Gasteiger partial charge in [-0.3, -0.25) is 9.69 Å². The lowest BCUT2D eigenvalue weighted by Gasteiger charge is -2.40. The van der Waals surface area contributed by atoms with Crippen molar-refractivity contribution in [2.75, 3.05) is 13.1 Å². The van der Waals surface area contributed by atoms with E-state index in [9.17, 15) is 9.18 Å². The van der Waals surface area contributed by atoms with Crippen molar-refractivity contribution in [2.24, 2.45) is 5.73 Å². The van der Waals surface area contributed by atoms with Crippen LogP contribution in [0.15, 0.2) is 54.6 Å². The molecule has 1 aliphatic rings. The Labute approximate surface area is 141 Å². The van der Waals surface area contributed by atoms with Gasteiger partial charge in [0, 0.05) is 13.1 Å². The first kappa shape index (κ1) is 16.6. The van der Waals surface area contributed by atoms with Crippen molar-refractivity contribution >= 4 is 5.91 Å². The molecule has 2 N–H and O–H groups in total. The van der Waals surface area contributed by atoms with E-state index in [2.05, 4.69) is 0 Å². The molecule has 2 aromatic carbocycles. The van der Waals surface area contributed by atoms with Gasteiger partial charge in [0.25, 0.3) is 0 Å². The zero-order valence-corrected chi connectivity index (χ0v) is 13.6. The molecule has 0 radical (unpaired) electrons. The predicted octanol–water partition coefficient (Wildman–Crippen LogP) is 2.81. The van der Waals surface area contributed by atoms with E-state index < -0.39 is 0 Å². The molecule has 4 nitrogen and oxygen atoms in total. The van der Waals surface area contributed by atoms with Gasteiger partial charge >= 0.3 is 0 Å². The Morgan fingerprint density at radius 2 is 1.62 bits per heavy atom. The topological polar surface area (TPSA) is 55.6 Å². The lowest BCUT2D eigenvalue weighted by Crippen LogP contribution is -2.49. The van der Waals surface area contributed by atoms with Gasteiger partial charge in [-0.15, -0.1) is 0 Å². The number of nitrogens with two attached hydrogens (primary N) is 1. The minimum atomic E-state index is -0.386. The lowest BCUT2D eigenvalue weighted by atomic mass is 10.0. The van der Waals surface area contributed by atoms with Crippen molar-refractivity contribution in [3.63, 3.8) is 0 Å². The van der Waals surface area contributed by atoms with E-state index in [4.69, 9.17) is 10.5 Å². The number of ether oxygens (including phenoxy) is 1. The van der Waals surface area contributed by atoms with E-state index in [0.717, 1.165) is 11.1 Å². The monoisotopic (exact) mass is 328 g/mol. The number of morpholine rings is 1. The van der Waals surface area contributed by atoms with Gasteiger partial charge in [0.2, 0.25) is 5.91 Å². The summed E-state index contributed by atoms with van der Waals surface area (Å²) in [6.07, 6.45) is -0.414. The van der Waals surface area contributed by atoms with Crippen molar-refractivity contribution in [2.45, 2.75) is 25.2 Å². The summed E-state index contributed by atoms with van der Waals surface area (Å²) in [5, 5.41) is 0. The molecule has 1 amide bonds. The molecule has 0 unspecified atom stereocenters. The van der Waals surface area contributed by atoms with Gasteiger partial charge in [-0.1, -0.05) is 42.5 Å². The van der Waals surface area contributed by atoms with Crippen molar-refractivity contribution in [3.05, 3.63) is 71.5 Å². The number of hydrogen-bond donors (Lipinski definition) is 1. The van der Waals surface area contributed by atoms with Gasteiger partial charge < -0.3 is 10.5 Å². The maximum atomic E-state index is 13.2. The number of benzene rings is 2. The molecule has 126 valence electrons. The van der Waals surface area contributed by atoms with E-state index in [1.165, 1.54) is 12.1 Å². The Bertz CT molecular complexity index is 690. The van der Waals surface area contributed by atoms with Crippen LogP contribution in [-0.4, -0.2) is 29.9 Å². The van der Waals surface area contributed by atoms with Crippen LogP contribution in [0, 0.1) is 5.82 Å². The third-order valence-electron chi connectivity index (χ3n) is 4.50. The molecule has 1 fully saturated rings. The zero-order valence-electron chi connectivity index (χ0n) is 13.6. The zero-order chi connectivity index (χ0) is 17.1. The van der Waals surface area contributed by atoms with Crippen molar-refractivity contribution < 1.29 is 13.9 Å². The predicted molar refractivity (Wildman–Crippen MR) is 89.6 cm³/mol. The Kier molecular flexibility index (Phi) is 4.92. The van der Waals surface area contributed by atoms with Gasteiger partial charge in [0.1, 0.15) is 5.82 Å². The minimum Gasteiger partial charge on any atom is -0.368 e. The minimum absolute atomic E-state index is 0.170. The SMILES string of the molecule is C[C@H](C(N)=O)N1C[C@@H](c2ccccc2)O[C@H](c2ccc(F)cc2)C1. The van der Waals surface area contributed by atoms with Crippen molar-refractivity contribution in [1.82, 2.24) is 4.90 Å². The number of carbonyl (C=O) groups is 1.